The Kier molecular flexibility index (Phi) is 1.80. The van der Waals surface area contributed by atoms with Crippen molar-refractivity contribution < 1.29 is 0 Å². The van der Waals surface area contributed by atoms with Gasteiger partial charge in [-0.2, -0.15) is 0 Å². The van der Waals surface area contributed by atoms with E-state index in [-0.39, 0.29) is 0 Å². The molecule has 5 rings (SSSR count). The third-order valence-electron chi connectivity index (χ3n) is 4.43. The van der Waals surface area contributed by atoms with Crippen LogP contribution in [0, 0.1) is 0 Å². The first-order valence-corrected chi connectivity index (χ1v) is 7.03. The van der Waals surface area contributed by atoms with Crippen molar-refractivity contribution in [1.82, 2.24) is 4.98 Å². The largest absolute Gasteiger partial charge is 0.354 e. The Labute approximate surface area is 116 Å². The zero-order valence-corrected chi connectivity index (χ0v) is 11.0. The number of aromatic amines is 1. The first-order chi connectivity index (χ1) is 9.92. The summed E-state index contributed by atoms with van der Waals surface area (Å²) in [5.74, 6) is 0. The molecule has 1 nitrogen and oxygen atoms in total. The van der Waals surface area contributed by atoms with Gasteiger partial charge in [0.25, 0.3) is 0 Å². The highest BCUT2D eigenvalue weighted by Gasteiger charge is 2.13. The number of nitrogens with one attached hydrogen (secondary N) is 1. The van der Waals surface area contributed by atoms with Gasteiger partial charge >= 0.3 is 0 Å². The molecule has 4 aromatic rings. The fourth-order valence-electron chi connectivity index (χ4n) is 3.52. The average molecular weight is 255 g/mol. The summed E-state index contributed by atoms with van der Waals surface area (Å²) in [6.45, 7) is 0. The normalized spacial score (nSPS) is 13.6. The van der Waals surface area contributed by atoms with Gasteiger partial charge in [-0.05, 0) is 40.5 Å². The average Bonchev–Trinajstić information content (AvgIpc) is 3.10. The second-order valence-electron chi connectivity index (χ2n) is 5.49. The summed E-state index contributed by atoms with van der Waals surface area (Å²) in [6.07, 6.45) is 5.54. The van der Waals surface area contributed by atoms with E-state index in [4.69, 9.17) is 0 Å². The fourth-order valence-corrected chi connectivity index (χ4v) is 3.52. The van der Waals surface area contributed by atoms with Gasteiger partial charge in [-0.15, -0.1) is 0 Å². The number of benzene rings is 3. The van der Waals surface area contributed by atoms with E-state index in [2.05, 4.69) is 65.7 Å². The Bertz CT molecular complexity index is 1020. The SMILES string of the molecule is C1=Cc2ccc3c(ccc4[nH]c5ccccc5c43)c2C1. The van der Waals surface area contributed by atoms with Crippen LogP contribution >= 0.6 is 0 Å². The molecule has 0 radical (unpaired) electrons. The molecule has 20 heavy (non-hydrogen) atoms. The van der Waals surface area contributed by atoms with Crippen LogP contribution in [0.2, 0.25) is 0 Å². The van der Waals surface area contributed by atoms with Gasteiger partial charge in [0.05, 0.1) is 0 Å². The Balaban J connectivity index is 2.06. The predicted octanol–water partition coefficient (Wildman–Crippen LogP) is 5.04. The molecule has 3 aromatic carbocycles. The molecule has 0 atom stereocenters. The molecule has 0 spiro atoms. The molecule has 1 heteroatoms. The number of aromatic nitrogens is 1. The molecule has 94 valence electrons. The second kappa shape index (κ2) is 3.51. The zero-order valence-electron chi connectivity index (χ0n) is 11.0. The minimum absolute atomic E-state index is 1.06. The van der Waals surface area contributed by atoms with Gasteiger partial charge in [-0.3, -0.25) is 0 Å². The van der Waals surface area contributed by atoms with Gasteiger partial charge in [0.15, 0.2) is 0 Å². The van der Waals surface area contributed by atoms with Gasteiger partial charge in [0.2, 0.25) is 0 Å². The number of hydrogen-bond acceptors (Lipinski definition) is 0. The van der Waals surface area contributed by atoms with Crippen LogP contribution in [0.3, 0.4) is 0 Å². The molecule has 1 aliphatic carbocycles. The molecule has 1 aromatic heterocycles. The lowest BCUT2D eigenvalue weighted by Gasteiger charge is -2.07. The molecule has 1 heterocycles. The summed E-state index contributed by atoms with van der Waals surface area (Å²) in [7, 11) is 0. The predicted molar refractivity (Wildman–Crippen MR) is 86.0 cm³/mol. The van der Waals surface area contributed by atoms with E-state index >= 15 is 0 Å². The summed E-state index contributed by atoms with van der Waals surface area (Å²) in [4.78, 5) is 3.52. The Morgan fingerprint density at radius 1 is 0.750 bits per heavy atom. The number of fused-ring (bicyclic) bond motifs is 7. The first kappa shape index (κ1) is 10.3. The standard InChI is InChI=1S/C19H13N/c1-2-7-17-16(5-1)19-15-9-8-12-4-3-6-13(12)14(15)10-11-18(19)20-17/h1-5,7-11,20H,6H2. The molecule has 0 fully saturated rings. The summed E-state index contributed by atoms with van der Waals surface area (Å²) < 4.78 is 0. The summed E-state index contributed by atoms with van der Waals surface area (Å²) in [6, 6.07) is 17.6. The van der Waals surface area contributed by atoms with Crippen molar-refractivity contribution in [3.05, 3.63) is 65.7 Å². The molecule has 0 saturated heterocycles. The van der Waals surface area contributed by atoms with Crippen molar-refractivity contribution in [2.45, 2.75) is 6.42 Å². The van der Waals surface area contributed by atoms with Crippen molar-refractivity contribution in [3.8, 4) is 0 Å². The summed E-state index contributed by atoms with van der Waals surface area (Å²) >= 11 is 0. The van der Waals surface area contributed by atoms with Crippen LogP contribution in [-0.2, 0) is 6.42 Å². The first-order valence-electron chi connectivity index (χ1n) is 7.03. The molecular weight excluding hydrogens is 242 g/mol. The highest BCUT2D eigenvalue weighted by atomic mass is 14.7. The minimum Gasteiger partial charge on any atom is -0.354 e. The lowest BCUT2D eigenvalue weighted by atomic mass is 9.97. The van der Waals surface area contributed by atoms with Crippen LogP contribution in [0.5, 0.6) is 0 Å². The fraction of sp³-hybridized carbons (Fsp3) is 0.0526. The number of rotatable bonds is 0. The van der Waals surface area contributed by atoms with E-state index in [1.165, 1.54) is 43.7 Å². The molecule has 0 aliphatic heterocycles. The van der Waals surface area contributed by atoms with E-state index in [9.17, 15) is 0 Å². The van der Waals surface area contributed by atoms with Crippen molar-refractivity contribution in [1.29, 1.82) is 0 Å². The van der Waals surface area contributed by atoms with Gasteiger partial charge in [-0.1, -0.05) is 48.6 Å². The van der Waals surface area contributed by atoms with Crippen LogP contribution in [-0.4, -0.2) is 4.98 Å². The van der Waals surface area contributed by atoms with E-state index in [0.717, 1.165) is 6.42 Å². The van der Waals surface area contributed by atoms with E-state index in [0.29, 0.717) is 0 Å². The van der Waals surface area contributed by atoms with Crippen LogP contribution in [0.25, 0.3) is 38.7 Å². The third kappa shape index (κ3) is 1.17. The van der Waals surface area contributed by atoms with Gasteiger partial charge in [0, 0.05) is 21.8 Å². The molecular formula is C19H13N. The Hall–Kier alpha value is -2.54. The highest BCUT2D eigenvalue weighted by molar-refractivity contribution is 6.20. The second-order valence-corrected chi connectivity index (χ2v) is 5.49. The van der Waals surface area contributed by atoms with Crippen molar-refractivity contribution in [2.75, 3.05) is 0 Å². The van der Waals surface area contributed by atoms with Crippen LogP contribution in [0.1, 0.15) is 11.1 Å². The summed E-state index contributed by atoms with van der Waals surface area (Å²) in [5.41, 5.74) is 5.28. The van der Waals surface area contributed by atoms with Crippen molar-refractivity contribution >= 4 is 38.7 Å². The molecule has 1 aliphatic rings. The zero-order chi connectivity index (χ0) is 13.1. The van der Waals surface area contributed by atoms with E-state index < -0.39 is 0 Å². The maximum Gasteiger partial charge on any atom is 0.0471 e. The molecule has 1 N–H and O–H groups in total. The smallest absolute Gasteiger partial charge is 0.0471 e. The summed E-state index contributed by atoms with van der Waals surface area (Å²) in [5, 5.41) is 5.43. The lowest BCUT2D eigenvalue weighted by Crippen LogP contribution is -1.85. The Morgan fingerprint density at radius 3 is 2.65 bits per heavy atom. The number of allylic oxidation sites excluding steroid dienone is 1. The van der Waals surface area contributed by atoms with Crippen molar-refractivity contribution in [3.63, 3.8) is 0 Å². The van der Waals surface area contributed by atoms with Crippen LogP contribution in [0.4, 0.5) is 0 Å². The molecule has 0 unspecified atom stereocenters. The van der Waals surface area contributed by atoms with Gasteiger partial charge in [-0.25, -0.2) is 0 Å². The van der Waals surface area contributed by atoms with Crippen molar-refractivity contribution in [2.24, 2.45) is 0 Å². The number of hydrogen-bond donors (Lipinski definition) is 1. The number of para-hydroxylation sites is 1. The molecule has 0 amide bonds. The van der Waals surface area contributed by atoms with E-state index in [1.54, 1.807) is 0 Å². The van der Waals surface area contributed by atoms with Gasteiger partial charge in [0.1, 0.15) is 0 Å². The van der Waals surface area contributed by atoms with E-state index in [1.807, 2.05) is 0 Å². The Morgan fingerprint density at radius 2 is 1.65 bits per heavy atom. The van der Waals surface area contributed by atoms with Crippen LogP contribution in [0.15, 0.2) is 54.6 Å². The monoisotopic (exact) mass is 255 g/mol. The molecule has 0 saturated carbocycles. The third-order valence-corrected chi connectivity index (χ3v) is 4.43. The van der Waals surface area contributed by atoms with Gasteiger partial charge < -0.3 is 4.98 Å². The maximum absolute atomic E-state index is 3.52. The van der Waals surface area contributed by atoms with Crippen LogP contribution < -0.4 is 0 Å². The lowest BCUT2D eigenvalue weighted by molar-refractivity contribution is 1.35. The maximum atomic E-state index is 3.52. The quantitative estimate of drug-likeness (QED) is 0.453. The highest BCUT2D eigenvalue weighted by Crippen LogP contribution is 2.36. The minimum atomic E-state index is 1.06. The molecule has 0 bridgehead atoms. The number of H-pyrrole nitrogens is 1. The topological polar surface area (TPSA) is 15.8 Å².